The van der Waals surface area contributed by atoms with Crippen molar-refractivity contribution in [1.82, 2.24) is 5.32 Å². The van der Waals surface area contributed by atoms with Crippen molar-refractivity contribution in [3.63, 3.8) is 0 Å². The zero-order valence-electron chi connectivity index (χ0n) is 19.2. The van der Waals surface area contributed by atoms with Gasteiger partial charge in [0.15, 0.2) is 11.5 Å². The molecule has 1 saturated heterocycles. The lowest BCUT2D eigenvalue weighted by Crippen LogP contribution is -2.47. The first-order chi connectivity index (χ1) is 17.1. The maximum Gasteiger partial charge on any atom is 0.255 e. The van der Waals surface area contributed by atoms with Crippen molar-refractivity contribution in [3.05, 3.63) is 47.5 Å². The average molecular weight is 481 g/mol. The van der Waals surface area contributed by atoms with Crippen LogP contribution in [0, 0.1) is 5.92 Å². The molecular formula is C26H28N2O7. The summed E-state index contributed by atoms with van der Waals surface area (Å²) < 4.78 is 22.8. The van der Waals surface area contributed by atoms with Gasteiger partial charge in [0.2, 0.25) is 12.7 Å². The number of hydrogen-bond acceptors (Lipinski definition) is 7. The molecule has 0 aromatic heterocycles. The van der Waals surface area contributed by atoms with Gasteiger partial charge in [-0.3, -0.25) is 9.59 Å². The minimum absolute atomic E-state index is 0.0269. The number of aliphatic hydroxyl groups is 1. The Labute approximate surface area is 202 Å². The molecule has 1 saturated carbocycles. The molecule has 2 aromatic rings. The van der Waals surface area contributed by atoms with Crippen LogP contribution in [0.25, 0.3) is 0 Å². The van der Waals surface area contributed by atoms with Crippen molar-refractivity contribution >= 4 is 17.5 Å². The van der Waals surface area contributed by atoms with Crippen LogP contribution in [-0.4, -0.2) is 55.2 Å². The van der Waals surface area contributed by atoms with Crippen LogP contribution < -0.4 is 24.8 Å². The molecule has 3 aliphatic heterocycles. The third-order valence-electron chi connectivity index (χ3n) is 7.09. The number of nitrogens with one attached hydrogen (secondary N) is 2. The van der Waals surface area contributed by atoms with Crippen LogP contribution in [0.5, 0.6) is 17.2 Å². The highest BCUT2D eigenvalue weighted by molar-refractivity contribution is 6.04. The molecule has 4 aliphatic rings. The Kier molecular flexibility index (Phi) is 5.74. The first-order valence-corrected chi connectivity index (χ1v) is 12.1. The molecule has 184 valence electrons. The lowest BCUT2D eigenvalue weighted by atomic mass is 9.84. The predicted molar refractivity (Wildman–Crippen MR) is 125 cm³/mol. The van der Waals surface area contributed by atoms with Gasteiger partial charge in [-0.25, -0.2) is 0 Å². The monoisotopic (exact) mass is 480 g/mol. The minimum atomic E-state index is -0.519. The Balaban J connectivity index is 1.16. The summed E-state index contributed by atoms with van der Waals surface area (Å²) in [5.74, 6) is 2.16. The second kappa shape index (κ2) is 9.05. The fourth-order valence-electron chi connectivity index (χ4n) is 5.07. The van der Waals surface area contributed by atoms with E-state index < -0.39 is 6.10 Å². The van der Waals surface area contributed by atoms with Gasteiger partial charge in [-0.05, 0) is 61.6 Å². The van der Waals surface area contributed by atoms with E-state index in [-0.39, 0.29) is 49.8 Å². The van der Waals surface area contributed by atoms with Crippen molar-refractivity contribution in [3.8, 4) is 17.2 Å². The molecule has 0 spiro atoms. The van der Waals surface area contributed by atoms with E-state index in [9.17, 15) is 14.7 Å². The van der Waals surface area contributed by atoms with Crippen LogP contribution in [0.1, 0.15) is 47.5 Å². The van der Waals surface area contributed by atoms with Gasteiger partial charge in [0.1, 0.15) is 18.0 Å². The Morgan fingerprint density at radius 2 is 1.86 bits per heavy atom. The maximum absolute atomic E-state index is 12.8. The number of anilines is 1. The zero-order valence-corrected chi connectivity index (χ0v) is 19.2. The van der Waals surface area contributed by atoms with E-state index >= 15 is 0 Å². The average Bonchev–Trinajstić information content (AvgIpc) is 3.45. The highest BCUT2D eigenvalue weighted by Gasteiger charge is 2.46. The molecule has 0 unspecified atom stereocenters. The Hall–Kier alpha value is -3.30. The molecule has 1 aliphatic carbocycles. The zero-order chi connectivity index (χ0) is 23.9. The number of ether oxygens (including phenoxy) is 4. The van der Waals surface area contributed by atoms with Gasteiger partial charge >= 0.3 is 0 Å². The van der Waals surface area contributed by atoms with E-state index in [1.807, 2.05) is 12.1 Å². The fraction of sp³-hybridized carbons (Fsp3) is 0.462. The summed E-state index contributed by atoms with van der Waals surface area (Å²) in [7, 11) is 0. The number of carbonyl (C=O) groups excluding carboxylic acids is 2. The van der Waals surface area contributed by atoms with Crippen LogP contribution >= 0.6 is 0 Å². The number of aliphatic hydroxyl groups excluding tert-OH is 1. The van der Waals surface area contributed by atoms with Crippen molar-refractivity contribution in [2.45, 2.75) is 49.9 Å². The molecule has 6 rings (SSSR count). The topological polar surface area (TPSA) is 115 Å². The second-order valence-corrected chi connectivity index (χ2v) is 9.63. The van der Waals surface area contributed by atoms with Crippen LogP contribution in [0.4, 0.5) is 5.69 Å². The number of hydrogen-bond donors (Lipinski definition) is 3. The summed E-state index contributed by atoms with van der Waals surface area (Å²) in [6, 6.07) is 10.6. The standard InChI is InChI=1S/C26H28N2O7/c29-12-23-25-19(9-17(34-23)10-24(30)27-11-14-1-2-14)18-8-16(4-6-20(18)35-25)28-26(31)15-3-5-21-22(7-15)33-13-32-21/h3-8,14,17,19,23,25,29H,1-2,9-13H2,(H,27,30)(H,28,31)/t17-,19-,23-,25+/m0/s1. The van der Waals surface area contributed by atoms with E-state index in [1.54, 1.807) is 24.3 Å². The summed E-state index contributed by atoms with van der Waals surface area (Å²) in [6.45, 7) is 0.679. The van der Waals surface area contributed by atoms with E-state index in [2.05, 4.69) is 10.6 Å². The van der Waals surface area contributed by atoms with Crippen LogP contribution in [-0.2, 0) is 9.53 Å². The summed E-state index contributed by atoms with van der Waals surface area (Å²) in [5, 5.41) is 15.9. The molecule has 0 bridgehead atoms. The number of amides is 2. The van der Waals surface area contributed by atoms with Crippen LogP contribution in [0.2, 0.25) is 0 Å². The Morgan fingerprint density at radius 1 is 1.03 bits per heavy atom. The highest BCUT2D eigenvalue weighted by Crippen LogP contribution is 2.47. The normalized spacial score (nSPS) is 25.9. The van der Waals surface area contributed by atoms with Gasteiger partial charge in [-0.15, -0.1) is 0 Å². The minimum Gasteiger partial charge on any atom is -0.487 e. The summed E-state index contributed by atoms with van der Waals surface area (Å²) >= 11 is 0. The number of rotatable bonds is 7. The fourth-order valence-corrected chi connectivity index (χ4v) is 5.07. The van der Waals surface area contributed by atoms with Gasteiger partial charge < -0.3 is 34.7 Å². The predicted octanol–water partition coefficient (Wildman–Crippen LogP) is 2.58. The molecule has 0 radical (unpaired) electrons. The smallest absolute Gasteiger partial charge is 0.255 e. The lowest BCUT2D eigenvalue weighted by molar-refractivity contribution is -0.142. The number of benzene rings is 2. The molecule has 4 atom stereocenters. The Bertz CT molecular complexity index is 1150. The number of fused-ring (bicyclic) bond motifs is 4. The lowest BCUT2D eigenvalue weighted by Gasteiger charge is -2.37. The van der Waals surface area contributed by atoms with E-state index in [0.29, 0.717) is 40.8 Å². The third-order valence-corrected chi connectivity index (χ3v) is 7.09. The largest absolute Gasteiger partial charge is 0.487 e. The van der Waals surface area contributed by atoms with Crippen LogP contribution in [0.3, 0.4) is 0 Å². The second-order valence-electron chi connectivity index (χ2n) is 9.63. The third kappa shape index (κ3) is 4.53. The molecule has 9 nitrogen and oxygen atoms in total. The van der Waals surface area contributed by atoms with Crippen molar-refractivity contribution in [1.29, 1.82) is 0 Å². The summed E-state index contributed by atoms with van der Waals surface area (Å²) in [5.41, 5.74) is 2.05. The van der Waals surface area contributed by atoms with Gasteiger partial charge in [-0.2, -0.15) is 0 Å². The summed E-state index contributed by atoms with van der Waals surface area (Å²) in [6.07, 6.45) is 2.05. The van der Waals surface area contributed by atoms with Crippen molar-refractivity contribution < 1.29 is 33.6 Å². The van der Waals surface area contributed by atoms with Crippen molar-refractivity contribution in [2.75, 3.05) is 25.3 Å². The van der Waals surface area contributed by atoms with Crippen molar-refractivity contribution in [2.24, 2.45) is 5.92 Å². The Morgan fingerprint density at radius 3 is 2.69 bits per heavy atom. The number of carbonyl (C=O) groups is 2. The van der Waals surface area contributed by atoms with Gasteiger partial charge in [0, 0.05) is 29.3 Å². The van der Waals surface area contributed by atoms with Gasteiger partial charge in [0.05, 0.1) is 19.1 Å². The molecule has 3 N–H and O–H groups in total. The van der Waals surface area contributed by atoms with E-state index in [4.69, 9.17) is 18.9 Å². The first-order valence-electron chi connectivity index (χ1n) is 12.1. The first kappa shape index (κ1) is 22.2. The SMILES string of the molecule is O=C(C[C@@H]1C[C@H]2c3cc(NC(=O)c4ccc5c(c4)OCO5)ccc3O[C@H]2[C@H](CO)O1)NCC1CC1. The quantitative estimate of drug-likeness (QED) is 0.558. The molecule has 2 aromatic carbocycles. The van der Waals surface area contributed by atoms with Crippen LogP contribution in [0.15, 0.2) is 36.4 Å². The van der Waals surface area contributed by atoms with E-state index in [1.165, 1.54) is 12.8 Å². The summed E-state index contributed by atoms with van der Waals surface area (Å²) in [4.78, 5) is 25.3. The molecule has 2 fully saturated rings. The van der Waals surface area contributed by atoms with Gasteiger partial charge in [0.25, 0.3) is 5.91 Å². The van der Waals surface area contributed by atoms with E-state index in [0.717, 1.165) is 12.1 Å². The maximum atomic E-state index is 12.8. The molecule has 2 amide bonds. The highest BCUT2D eigenvalue weighted by atomic mass is 16.7. The molecular weight excluding hydrogens is 452 g/mol. The molecule has 9 heteroatoms. The molecule has 3 heterocycles. The molecule has 35 heavy (non-hydrogen) atoms. The van der Waals surface area contributed by atoms with Gasteiger partial charge in [-0.1, -0.05) is 0 Å².